The van der Waals surface area contributed by atoms with Crippen LogP contribution in [0.3, 0.4) is 0 Å². The van der Waals surface area contributed by atoms with Gasteiger partial charge in [-0.05, 0) is 0 Å². The van der Waals surface area contributed by atoms with Gasteiger partial charge in [0.05, 0.1) is 0 Å². The van der Waals surface area contributed by atoms with Crippen molar-refractivity contribution in [3.8, 4) is 0 Å². The lowest BCUT2D eigenvalue weighted by Gasteiger charge is -2.17. The van der Waals surface area contributed by atoms with Crippen molar-refractivity contribution in [3.63, 3.8) is 0 Å². The van der Waals surface area contributed by atoms with Crippen molar-refractivity contribution in [1.82, 2.24) is 0 Å². The van der Waals surface area contributed by atoms with Crippen molar-refractivity contribution in [2.24, 2.45) is 0 Å². The second-order valence-corrected chi connectivity index (χ2v) is 3.30. The van der Waals surface area contributed by atoms with Crippen LogP contribution < -0.4 is 0 Å². The second kappa shape index (κ2) is 1.25. The summed E-state index contributed by atoms with van der Waals surface area (Å²) in [6.07, 6.45) is 0. The van der Waals surface area contributed by atoms with E-state index in [4.69, 9.17) is 4.89 Å². The first-order valence-corrected chi connectivity index (χ1v) is 3.47. The van der Waals surface area contributed by atoms with E-state index >= 15 is 0 Å². The van der Waals surface area contributed by atoms with Crippen LogP contribution in [0.4, 0.5) is 0 Å². The summed E-state index contributed by atoms with van der Waals surface area (Å²) in [4.78, 5) is 8.03. The van der Waals surface area contributed by atoms with Crippen LogP contribution in [0.1, 0.15) is 0 Å². The Kier molecular flexibility index (Phi) is 0.981. The summed E-state index contributed by atoms with van der Waals surface area (Å²) >= 11 is 0. The Morgan fingerprint density at radius 3 is 2.00 bits per heavy atom. The van der Waals surface area contributed by atoms with Gasteiger partial charge in [-0.1, -0.05) is 0 Å². The lowest BCUT2D eigenvalue weighted by atomic mass is 15.7. The smallest absolute Gasteiger partial charge is 0.302 e. The highest BCUT2D eigenvalue weighted by Gasteiger charge is 2.31. The summed E-state index contributed by atoms with van der Waals surface area (Å²) < 4.78 is 17.9. The van der Waals surface area contributed by atoms with Gasteiger partial charge < -0.3 is 4.89 Å². The maximum Gasteiger partial charge on any atom is 0.482 e. The van der Waals surface area contributed by atoms with Crippen LogP contribution in [0.25, 0.3) is 0 Å². The van der Waals surface area contributed by atoms with Crippen molar-refractivity contribution in [1.29, 1.82) is 0 Å². The predicted octanol–water partition coefficient (Wildman–Crippen LogP) is 0.642. The molecule has 1 fully saturated rings. The highest BCUT2D eigenvalue weighted by atomic mass is 31.3. The normalized spacial score (nSPS) is 48.8. The summed E-state index contributed by atoms with van der Waals surface area (Å²) in [6.45, 7) is 0. The quantitative estimate of drug-likeness (QED) is 0.486. The molecular weight excluding hydrogens is 126 g/mol. The second-order valence-electron chi connectivity index (χ2n) is 0.734. The van der Waals surface area contributed by atoms with Gasteiger partial charge in [-0.25, -0.2) is 13.2 Å². The van der Waals surface area contributed by atoms with Gasteiger partial charge in [-0.3, -0.25) is 0 Å². The molecule has 1 heterocycles. The van der Waals surface area contributed by atoms with Crippen molar-refractivity contribution in [3.05, 3.63) is 0 Å². The van der Waals surface area contributed by atoms with Gasteiger partial charge in [0.15, 0.2) is 9.03 Å². The maximum atomic E-state index is 9.79. The largest absolute Gasteiger partial charge is 0.482 e. The summed E-state index contributed by atoms with van der Waals surface area (Å²) in [5.74, 6) is 0. The average Bonchev–Trinajstić information content (AvgIpc) is 1.32. The van der Waals surface area contributed by atoms with E-state index in [1.165, 1.54) is 0 Å². The number of hydrogen-bond donors (Lipinski definition) is 1. The molecule has 1 aliphatic rings. The van der Waals surface area contributed by atoms with E-state index in [2.05, 4.69) is 8.62 Å². The molecule has 0 radical (unpaired) electrons. The zero-order chi connectivity index (χ0) is 4.62. The SMILES string of the molecule is O=P1(O)OPO1. The molecule has 0 aromatic carbocycles. The molecule has 0 atom stereocenters. The van der Waals surface area contributed by atoms with E-state index in [0.717, 1.165) is 0 Å². The van der Waals surface area contributed by atoms with Gasteiger partial charge in [0, 0.05) is 0 Å². The third-order valence-corrected chi connectivity index (χ3v) is 2.75. The Bertz CT molecular complexity index is 87.7. The van der Waals surface area contributed by atoms with E-state index in [-0.39, 0.29) is 9.03 Å². The molecule has 0 aromatic heterocycles. The Labute approximate surface area is 36.0 Å². The zero-order valence-corrected chi connectivity index (χ0v) is 4.51. The van der Waals surface area contributed by atoms with Crippen LogP contribution in [0.5, 0.6) is 0 Å². The highest BCUT2D eigenvalue weighted by Crippen LogP contribution is 2.64. The third kappa shape index (κ3) is 0.780. The summed E-state index contributed by atoms with van der Waals surface area (Å²) in [7, 11) is -3.69. The minimum Gasteiger partial charge on any atom is -0.302 e. The molecule has 0 saturated carbocycles. The van der Waals surface area contributed by atoms with E-state index in [0.29, 0.717) is 0 Å². The average molecular weight is 128 g/mol. The van der Waals surface area contributed by atoms with Gasteiger partial charge in [-0.2, -0.15) is 0 Å². The summed E-state index contributed by atoms with van der Waals surface area (Å²) in [5, 5.41) is 0. The van der Waals surface area contributed by atoms with Gasteiger partial charge in [-0.15, -0.1) is 0 Å². The molecular formula is H2O4P2. The zero-order valence-electron chi connectivity index (χ0n) is 2.62. The Morgan fingerprint density at radius 2 is 2.00 bits per heavy atom. The van der Waals surface area contributed by atoms with Gasteiger partial charge >= 0.3 is 7.82 Å². The molecule has 1 N–H and O–H groups in total. The molecule has 6 heteroatoms. The van der Waals surface area contributed by atoms with Gasteiger partial charge in [0.2, 0.25) is 0 Å². The summed E-state index contributed by atoms with van der Waals surface area (Å²) in [5.41, 5.74) is 0. The number of hydrogen-bond acceptors (Lipinski definition) is 3. The van der Waals surface area contributed by atoms with Crippen LogP contribution in [0.2, 0.25) is 0 Å². The molecule has 0 amide bonds. The minimum atomic E-state index is -3.45. The van der Waals surface area contributed by atoms with Gasteiger partial charge in [0.1, 0.15) is 0 Å². The lowest BCUT2D eigenvalue weighted by molar-refractivity contribution is 0.256. The molecule has 36 valence electrons. The maximum absolute atomic E-state index is 9.79. The number of rotatable bonds is 0. The first-order valence-electron chi connectivity index (χ1n) is 1.16. The minimum absolute atomic E-state index is 0.241. The first-order chi connectivity index (χ1) is 2.71. The van der Waals surface area contributed by atoms with Crippen molar-refractivity contribution >= 4 is 16.9 Å². The Morgan fingerprint density at radius 1 is 1.67 bits per heavy atom. The van der Waals surface area contributed by atoms with E-state index in [1.807, 2.05) is 0 Å². The molecule has 1 rings (SSSR count). The first kappa shape index (κ1) is 4.69. The van der Waals surface area contributed by atoms with Gasteiger partial charge in [0.25, 0.3) is 0 Å². The van der Waals surface area contributed by atoms with Crippen LogP contribution in [-0.2, 0) is 13.2 Å². The van der Waals surface area contributed by atoms with Crippen molar-refractivity contribution < 1.29 is 18.1 Å². The fraction of sp³-hybridized carbons (Fsp3) is 0. The van der Waals surface area contributed by atoms with Crippen molar-refractivity contribution in [2.45, 2.75) is 0 Å². The molecule has 4 nitrogen and oxygen atoms in total. The van der Waals surface area contributed by atoms with Crippen molar-refractivity contribution in [2.75, 3.05) is 0 Å². The highest BCUT2D eigenvalue weighted by molar-refractivity contribution is 7.66. The molecule has 6 heavy (non-hydrogen) atoms. The Balaban J connectivity index is 2.53. The van der Waals surface area contributed by atoms with E-state index < -0.39 is 7.82 Å². The van der Waals surface area contributed by atoms with Crippen LogP contribution >= 0.6 is 16.9 Å². The molecule has 0 aliphatic carbocycles. The molecule has 1 saturated heterocycles. The molecule has 0 aromatic rings. The summed E-state index contributed by atoms with van der Waals surface area (Å²) in [6, 6.07) is 0. The van der Waals surface area contributed by atoms with Crippen LogP contribution in [-0.4, -0.2) is 4.89 Å². The number of phosphoric acid groups is 1. The molecule has 0 unspecified atom stereocenters. The lowest BCUT2D eigenvalue weighted by Crippen LogP contribution is -1.88. The van der Waals surface area contributed by atoms with Crippen LogP contribution in [0, 0.1) is 0 Å². The van der Waals surface area contributed by atoms with E-state index in [9.17, 15) is 4.57 Å². The fourth-order valence-electron chi connectivity index (χ4n) is 0.101. The molecule has 0 spiro atoms. The van der Waals surface area contributed by atoms with Crippen LogP contribution in [0.15, 0.2) is 0 Å². The standard InChI is InChI=1S/H2O4P2/c1-6(2)3-5-4-6/h5H,(H,1,2). The fourth-order valence-corrected chi connectivity index (χ4v) is 0.909. The Hall–Kier alpha value is 0.540. The molecule has 0 bridgehead atoms. The third-order valence-electron chi connectivity index (χ3n) is 0.305. The topological polar surface area (TPSA) is 55.8 Å². The molecule has 1 aliphatic heterocycles. The monoisotopic (exact) mass is 128 g/mol. The van der Waals surface area contributed by atoms with E-state index in [1.54, 1.807) is 0 Å². The predicted molar refractivity (Wildman–Crippen MR) is 20.3 cm³/mol.